The number of hydrogen-bond acceptors (Lipinski definition) is 4. The van der Waals surface area contributed by atoms with Crippen LogP contribution in [0.3, 0.4) is 0 Å². The van der Waals surface area contributed by atoms with Gasteiger partial charge in [-0.25, -0.2) is 4.98 Å². The number of hydrogen-bond donors (Lipinski definition) is 1. The molecule has 96 valence electrons. The van der Waals surface area contributed by atoms with Gasteiger partial charge in [0.15, 0.2) is 0 Å². The smallest absolute Gasteiger partial charge is 0.123 e. The number of halogens is 1. The van der Waals surface area contributed by atoms with Crippen molar-refractivity contribution in [1.29, 1.82) is 0 Å². The minimum atomic E-state index is -0.174. The van der Waals surface area contributed by atoms with Crippen LogP contribution in [0.1, 0.15) is 26.0 Å². The zero-order chi connectivity index (χ0) is 12.9. The summed E-state index contributed by atoms with van der Waals surface area (Å²) in [5.41, 5.74) is 6.07. The third kappa shape index (κ3) is 4.89. The van der Waals surface area contributed by atoms with Crippen LogP contribution < -0.4 is 5.73 Å². The zero-order valence-electron chi connectivity index (χ0n) is 10.5. The zero-order valence-corrected chi connectivity index (χ0v) is 11.3. The Hall–Kier alpha value is -0.840. The summed E-state index contributed by atoms with van der Waals surface area (Å²) in [7, 11) is 1.69. The molecule has 5 heteroatoms. The molecule has 1 aromatic rings. The number of nitrogens with zero attached hydrogens (tertiary/aromatic N) is 1. The van der Waals surface area contributed by atoms with Crippen molar-refractivity contribution >= 4 is 17.4 Å². The number of aromatic nitrogens is 1. The van der Waals surface area contributed by atoms with Crippen molar-refractivity contribution in [1.82, 2.24) is 4.98 Å². The van der Waals surface area contributed by atoms with E-state index in [1.165, 1.54) is 0 Å². The van der Waals surface area contributed by atoms with Gasteiger partial charge in [-0.1, -0.05) is 11.6 Å². The van der Waals surface area contributed by atoms with Gasteiger partial charge in [-0.15, -0.1) is 0 Å². The Morgan fingerprint density at radius 1 is 1.41 bits per heavy atom. The van der Waals surface area contributed by atoms with E-state index in [9.17, 15) is 0 Å². The summed E-state index contributed by atoms with van der Waals surface area (Å²) in [6.07, 6.45) is 0.809. The molecule has 0 unspecified atom stereocenters. The van der Waals surface area contributed by atoms with Gasteiger partial charge in [0.1, 0.15) is 5.82 Å². The molecule has 0 saturated heterocycles. The number of anilines is 1. The van der Waals surface area contributed by atoms with E-state index < -0.39 is 0 Å². The monoisotopic (exact) mass is 258 g/mol. The van der Waals surface area contributed by atoms with E-state index in [1.54, 1.807) is 19.2 Å². The number of nitrogen functional groups attached to an aromatic ring is 1. The van der Waals surface area contributed by atoms with Gasteiger partial charge in [-0.2, -0.15) is 0 Å². The Kier molecular flexibility index (Phi) is 5.18. The third-order valence-electron chi connectivity index (χ3n) is 2.58. The van der Waals surface area contributed by atoms with Gasteiger partial charge in [0, 0.05) is 13.7 Å². The second-order valence-corrected chi connectivity index (χ2v) is 4.84. The molecular weight excluding hydrogens is 240 g/mol. The van der Waals surface area contributed by atoms with E-state index in [4.69, 9.17) is 26.8 Å². The van der Waals surface area contributed by atoms with Crippen LogP contribution in [0.4, 0.5) is 5.82 Å². The van der Waals surface area contributed by atoms with Crippen LogP contribution in [0.2, 0.25) is 5.02 Å². The van der Waals surface area contributed by atoms with Crippen LogP contribution in [-0.2, 0) is 16.1 Å². The van der Waals surface area contributed by atoms with E-state index in [2.05, 4.69) is 4.98 Å². The van der Waals surface area contributed by atoms with Gasteiger partial charge in [-0.3, -0.25) is 0 Å². The van der Waals surface area contributed by atoms with Crippen molar-refractivity contribution in [2.45, 2.75) is 32.5 Å². The van der Waals surface area contributed by atoms with Gasteiger partial charge in [0.05, 0.1) is 22.9 Å². The van der Waals surface area contributed by atoms with Gasteiger partial charge >= 0.3 is 0 Å². The standard InChI is InChI=1S/C12H19ClN2O2/c1-12(2,16-3)6-7-17-8-10-9(13)4-5-11(14)15-10/h4-5H,6-8H2,1-3H3,(H2,14,15). The molecular formula is C12H19ClN2O2. The van der Waals surface area contributed by atoms with Crippen LogP contribution in [0.5, 0.6) is 0 Å². The predicted octanol–water partition coefficient (Wildman–Crippen LogP) is 2.65. The average molecular weight is 259 g/mol. The van der Waals surface area contributed by atoms with Gasteiger partial charge in [0.25, 0.3) is 0 Å². The lowest BCUT2D eigenvalue weighted by molar-refractivity contribution is -0.0128. The van der Waals surface area contributed by atoms with Gasteiger partial charge in [0.2, 0.25) is 0 Å². The van der Waals surface area contributed by atoms with Crippen LogP contribution in [-0.4, -0.2) is 24.3 Å². The molecule has 0 fully saturated rings. The molecule has 1 heterocycles. The van der Waals surface area contributed by atoms with Crippen molar-refractivity contribution in [3.8, 4) is 0 Å². The molecule has 0 bridgehead atoms. The Morgan fingerprint density at radius 3 is 2.76 bits per heavy atom. The average Bonchev–Trinajstić information content (AvgIpc) is 2.29. The molecule has 0 aliphatic heterocycles. The van der Waals surface area contributed by atoms with Crippen molar-refractivity contribution in [3.05, 3.63) is 22.8 Å². The van der Waals surface area contributed by atoms with Crippen LogP contribution >= 0.6 is 11.6 Å². The Bertz CT molecular complexity index is 370. The van der Waals surface area contributed by atoms with Crippen LogP contribution in [0, 0.1) is 0 Å². The lowest BCUT2D eigenvalue weighted by Crippen LogP contribution is -2.24. The van der Waals surface area contributed by atoms with Gasteiger partial charge in [-0.05, 0) is 32.4 Å². The van der Waals surface area contributed by atoms with E-state index in [-0.39, 0.29) is 5.60 Å². The fourth-order valence-electron chi connectivity index (χ4n) is 1.19. The second-order valence-electron chi connectivity index (χ2n) is 4.43. The summed E-state index contributed by atoms with van der Waals surface area (Å²) < 4.78 is 10.8. The molecule has 0 aliphatic carbocycles. The number of rotatable bonds is 6. The van der Waals surface area contributed by atoms with E-state index in [0.29, 0.717) is 29.7 Å². The summed E-state index contributed by atoms with van der Waals surface area (Å²) in [5, 5.41) is 0.574. The molecule has 0 spiro atoms. The predicted molar refractivity (Wildman–Crippen MR) is 69.0 cm³/mol. The molecule has 0 aromatic carbocycles. The molecule has 0 aliphatic rings. The van der Waals surface area contributed by atoms with E-state index in [0.717, 1.165) is 6.42 Å². The topological polar surface area (TPSA) is 57.4 Å². The normalized spacial score (nSPS) is 11.8. The fraction of sp³-hybridized carbons (Fsp3) is 0.583. The first-order valence-corrected chi connectivity index (χ1v) is 5.86. The third-order valence-corrected chi connectivity index (χ3v) is 2.92. The van der Waals surface area contributed by atoms with Crippen molar-refractivity contribution in [2.24, 2.45) is 0 Å². The Labute approximate surface area is 107 Å². The molecule has 1 rings (SSSR count). The first kappa shape index (κ1) is 14.2. The SMILES string of the molecule is COC(C)(C)CCOCc1nc(N)ccc1Cl. The minimum absolute atomic E-state index is 0.174. The molecule has 0 saturated carbocycles. The van der Waals surface area contributed by atoms with Crippen LogP contribution in [0.15, 0.2) is 12.1 Å². The highest BCUT2D eigenvalue weighted by atomic mass is 35.5. The number of pyridine rings is 1. The maximum absolute atomic E-state index is 5.97. The van der Waals surface area contributed by atoms with Crippen LogP contribution in [0.25, 0.3) is 0 Å². The summed E-state index contributed by atoms with van der Waals surface area (Å²) >= 11 is 5.97. The maximum atomic E-state index is 5.97. The highest BCUT2D eigenvalue weighted by molar-refractivity contribution is 6.31. The molecule has 2 N–H and O–H groups in total. The second kappa shape index (κ2) is 6.19. The minimum Gasteiger partial charge on any atom is -0.384 e. The maximum Gasteiger partial charge on any atom is 0.123 e. The summed E-state index contributed by atoms with van der Waals surface area (Å²) in [5.74, 6) is 0.449. The summed E-state index contributed by atoms with van der Waals surface area (Å²) in [4.78, 5) is 4.12. The summed E-state index contributed by atoms with van der Waals surface area (Å²) in [6.45, 7) is 4.99. The lowest BCUT2D eigenvalue weighted by atomic mass is 10.1. The number of ether oxygens (including phenoxy) is 2. The molecule has 0 amide bonds. The van der Waals surface area contributed by atoms with Gasteiger partial charge < -0.3 is 15.2 Å². The molecule has 1 aromatic heterocycles. The fourth-order valence-corrected chi connectivity index (χ4v) is 1.35. The number of methoxy groups -OCH3 is 1. The van der Waals surface area contributed by atoms with E-state index in [1.807, 2.05) is 13.8 Å². The first-order valence-electron chi connectivity index (χ1n) is 5.48. The lowest BCUT2D eigenvalue weighted by Gasteiger charge is -2.22. The Balaban J connectivity index is 2.38. The molecule has 0 radical (unpaired) electrons. The number of nitrogens with two attached hydrogens (primary N) is 1. The van der Waals surface area contributed by atoms with Crippen molar-refractivity contribution in [2.75, 3.05) is 19.5 Å². The van der Waals surface area contributed by atoms with Crippen molar-refractivity contribution in [3.63, 3.8) is 0 Å². The highest BCUT2D eigenvalue weighted by Crippen LogP contribution is 2.17. The first-order chi connectivity index (χ1) is 7.94. The highest BCUT2D eigenvalue weighted by Gasteiger charge is 2.15. The Morgan fingerprint density at radius 2 is 2.12 bits per heavy atom. The molecule has 4 nitrogen and oxygen atoms in total. The quantitative estimate of drug-likeness (QED) is 0.797. The van der Waals surface area contributed by atoms with E-state index >= 15 is 0 Å². The molecule has 0 atom stereocenters. The largest absolute Gasteiger partial charge is 0.384 e. The summed E-state index contributed by atoms with van der Waals surface area (Å²) in [6, 6.07) is 3.39. The van der Waals surface area contributed by atoms with Crippen molar-refractivity contribution < 1.29 is 9.47 Å². The molecule has 17 heavy (non-hydrogen) atoms.